The fourth-order valence-electron chi connectivity index (χ4n) is 8.02. The first kappa shape index (κ1) is 20.6. The molecule has 0 amide bonds. The average Bonchev–Trinajstić information content (AvgIpc) is 2.93. The van der Waals surface area contributed by atoms with E-state index < -0.39 is 5.60 Å². The zero-order valence-corrected chi connectivity index (χ0v) is 17.8. The molecule has 4 aliphatic carbocycles. The molecule has 0 bridgehead atoms. The van der Waals surface area contributed by atoms with Crippen molar-refractivity contribution >= 4 is 6.21 Å². The standard InChI is InChI=1S/C23H40N2O3/c1-21-9-6-18(26)15-17(21)3-4-20-19(21)7-10-22(2)16(5-11-23(20,22)27)8-13-25-28-14-12-24/h13,16-20,26-27H,3-12,14-15,24H2,1-2H3/b25-13+/t16-,17+,18-,19?,20?,21-,22+,23-/m0/s1. The molecule has 0 aromatic rings. The van der Waals surface area contributed by atoms with E-state index in [1.165, 1.54) is 12.8 Å². The van der Waals surface area contributed by atoms with Crippen LogP contribution in [0.2, 0.25) is 0 Å². The third kappa shape index (κ3) is 3.04. The molecule has 4 rings (SSSR count). The van der Waals surface area contributed by atoms with Gasteiger partial charge in [-0.25, -0.2) is 0 Å². The highest BCUT2D eigenvalue weighted by Crippen LogP contribution is 2.69. The normalized spacial score (nSPS) is 50.8. The van der Waals surface area contributed by atoms with Crippen LogP contribution < -0.4 is 5.73 Å². The summed E-state index contributed by atoms with van der Waals surface area (Å²) in [5.74, 6) is 2.13. The molecule has 4 aliphatic rings. The van der Waals surface area contributed by atoms with Gasteiger partial charge in [-0.3, -0.25) is 0 Å². The van der Waals surface area contributed by atoms with Gasteiger partial charge in [0, 0.05) is 12.8 Å². The fourth-order valence-corrected chi connectivity index (χ4v) is 8.02. The lowest BCUT2D eigenvalue weighted by molar-refractivity contribution is -0.209. The van der Waals surface area contributed by atoms with E-state index in [1.807, 2.05) is 6.21 Å². The molecular weight excluding hydrogens is 352 g/mol. The Bertz CT molecular complexity index is 598. The Labute approximate surface area is 170 Å². The lowest BCUT2D eigenvalue weighted by atomic mass is 9.43. The predicted molar refractivity (Wildman–Crippen MR) is 111 cm³/mol. The lowest BCUT2D eigenvalue weighted by Crippen LogP contribution is -2.62. The van der Waals surface area contributed by atoms with Gasteiger partial charge in [-0.1, -0.05) is 19.0 Å². The molecule has 0 radical (unpaired) electrons. The van der Waals surface area contributed by atoms with E-state index in [1.54, 1.807) is 0 Å². The maximum Gasteiger partial charge on any atom is 0.129 e. The van der Waals surface area contributed by atoms with E-state index >= 15 is 0 Å². The SMILES string of the molecule is C[C@]12CC[C@H](O)C[C@H]1CCC1C2CC[C@]2(C)[C@H](C/C=N/OCCN)CC[C@]12O. The van der Waals surface area contributed by atoms with Crippen LogP contribution in [-0.4, -0.2) is 41.3 Å². The molecule has 0 heterocycles. The highest BCUT2D eigenvalue weighted by Gasteiger charge is 2.66. The molecule has 28 heavy (non-hydrogen) atoms. The monoisotopic (exact) mass is 392 g/mol. The van der Waals surface area contributed by atoms with Gasteiger partial charge < -0.3 is 20.8 Å². The van der Waals surface area contributed by atoms with E-state index in [0.717, 1.165) is 51.4 Å². The van der Waals surface area contributed by atoms with Crippen molar-refractivity contribution in [1.29, 1.82) is 0 Å². The van der Waals surface area contributed by atoms with Crippen LogP contribution in [-0.2, 0) is 4.84 Å². The van der Waals surface area contributed by atoms with E-state index in [0.29, 0.717) is 42.2 Å². The highest BCUT2D eigenvalue weighted by molar-refractivity contribution is 5.57. The molecule has 0 aliphatic heterocycles. The highest BCUT2D eigenvalue weighted by atomic mass is 16.6. The number of rotatable bonds is 5. The predicted octanol–water partition coefficient (Wildman–Crippen LogP) is 3.47. The van der Waals surface area contributed by atoms with E-state index in [-0.39, 0.29) is 11.5 Å². The molecule has 5 heteroatoms. The van der Waals surface area contributed by atoms with Crippen molar-refractivity contribution in [3.8, 4) is 0 Å². The molecular formula is C23H40N2O3. The summed E-state index contributed by atoms with van der Waals surface area (Å²) in [6.07, 6.45) is 12.3. The zero-order chi connectivity index (χ0) is 20.0. The molecule has 8 atom stereocenters. The summed E-state index contributed by atoms with van der Waals surface area (Å²) < 4.78 is 0. The number of nitrogens with zero attached hydrogens (tertiary/aromatic N) is 1. The van der Waals surface area contributed by atoms with Crippen LogP contribution in [0.4, 0.5) is 0 Å². The lowest BCUT2D eigenvalue weighted by Gasteiger charge is -2.63. The van der Waals surface area contributed by atoms with Crippen LogP contribution in [0.15, 0.2) is 5.16 Å². The topological polar surface area (TPSA) is 88.1 Å². The summed E-state index contributed by atoms with van der Waals surface area (Å²) in [6, 6.07) is 0. The van der Waals surface area contributed by atoms with Crippen LogP contribution in [0.5, 0.6) is 0 Å². The number of fused-ring (bicyclic) bond motifs is 5. The average molecular weight is 393 g/mol. The smallest absolute Gasteiger partial charge is 0.129 e. The second kappa shape index (κ2) is 7.55. The van der Waals surface area contributed by atoms with Crippen molar-refractivity contribution in [1.82, 2.24) is 0 Å². The summed E-state index contributed by atoms with van der Waals surface area (Å²) >= 11 is 0. The first-order chi connectivity index (χ1) is 13.3. The fraction of sp³-hybridized carbons (Fsp3) is 0.957. The molecule has 4 N–H and O–H groups in total. The van der Waals surface area contributed by atoms with Crippen LogP contribution in [0.1, 0.15) is 78.1 Å². The second-order valence-electron chi connectivity index (χ2n) is 10.7. The van der Waals surface area contributed by atoms with E-state index in [2.05, 4.69) is 19.0 Å². The Morgan fingerprint density at radius 1 is 1.07 bits per heavy atom. The number of hydrogen-bond donors (Lipinski definition) is 3. The summed E-state index contributed by atoms with van der Waals surface area (Å²) in [5.41, 5.74) is 5.17. The van der Waals surface area contributed by atoms with Gasteiger partial charge in [-0.15, -0.1) is 0 Å². The summed E-state index contributed by atoms with van der Waals surface area (Å²) in [6.45, 7) is 5.76. The van der Waals surface area contributed by atoms with Crippen LogP contribution >= 0.6 is 0 Å². The molecule has 160 valence electrons. The Kier molecular flexibility index (Phi) is 5.56. The number of oxime groups is 1. The third-order valence-corrected chi connectivity index (χ3v) is 9.76. The van der Waals surface area contributed by atoms with Gasteiger partial charge in [0.05, 0.1) is 11.7 Å². The summed E-state index contributed by atoms with van der Waals surface area (Å²) in [7, 11) is 0. The molecule has 4 fully saturated rings. The van der Waals surface area contributed by atoms with E-state index in [9.17, 15) is 10.2 Å². The van der Waals surface area contributed by atoms with Gasteiger partial charge in [0.2, 0.25) is 0 Å². The molecule has 2 unspecified atom stereocenters. The molecule has 5 nitrogen and oxygen atoms in total. The van der Waals surface area contributed by atoms with Gasteiger partial charge >= 0.3 is 0 Å². The van der Waals surface area contributed by atoms with Crippen LogP contribution in [0, 0.1) is 34.5 Å². The van der Waals surface area contributed by atoms with Crippen molar-refractivity contribution in [3.05, 3.63) is 0 Å². The van der Waals surface area contributed by atoms with E-state index in [4.69, 9.17) is 10.6 Å². The number of aliphatic hydroxyl groups is 2. The van der Waals surface area contributed by atoms with Crippen LogP contribution in [0.3, 0.4) is 0 Å². The molecule has 0 spiro atoms. The quantitative estimate of drug-likeness (QED) is 0.380. The molecule has 0 aromatic heterocycles. The summed E-state index contributed by atoms with van der Waals surface area (Å²) in [4.78, 5) is 5.17. The first-order valence-electron chi connectivity index (χ1n) is 11.6. The molecule has 0 aromatic carbocycles. The van der Waals surface area contributed by atoms with Crippen molar-refractivity contribution in [2.45, 2.75) is 89.8 Å². The molecule has 0 saturated heterocycles. The summed E-state index contributed by atoms with van der Waals surface area (Å²) in [5, 5.41) is 26.3. The van der Waals surface area contributed by atoms with Crippen molar-refractivity contribution < 1.29 is 15.1 Å². The number of nitrogens with two attached hydrogens (primary N) is 1. The minimum Gasteiger partial charge on any atom is -0.395 e. The van der Waals surface area contributed by atoms with Gasteiger partial charge in [-0.2, -0.15) is 0 Å². The first-order valence-corrected chi connectivity index (χ1v) is 11.6. The number of hydrogen-bond acceptors (Lipinski definition) is 5. The minimum absolute atomic E-state index is 0.0224. The maximum absolute atomic E-state index is 12.1. The largest absolute Gasteiger partial charge is 0.395 e. The van der Waals surface area contributed by atoms with Crippen molar-refractivity contribution in [2.24, 2.45) is 45.4 Å². The van der Waals surface area contributed by atoms with Crippen LogP contribution in [0.25, 0.3) is 0 Å². The van der Waals surface area contributed by atoms with Crippen molar-refractivity contribution in [3.63, 3.8) is 0 Å². The Morgan fingerprint density at radius 2 is 1.89 bits per heavy atom. The Hall–Kier alpha value is -0.650. The third-order valence-electron chi connectivity index (χ3n) is 9.76. The van der Waals surface area contributed by atoms with Gasteiger partial charge in [-0.05, 0) is 98.7 Å². The minimum atomic E-state index is -0.545. The van der Waals surface area contributed by atoms with Crippen molar-refractivity contribution in [2.75, 3.05) is 13.2 Å². The Morgan fingerprint density at radius 3 is 2.68 bits per heavy atom. The maximum atomic E-state index is 12.1. The zero-order valence-electron chi connectivity index (χ0n) is 17.8. The number of aliphatic hydroxyl groups excluding tert-OH is 1. The van der Waals surface area contributed by atoms with Gasteiger partial charge in [0.15, 0.2) is 0 Å². The second-order valence-corrected chi connectivity index (χ2v) is 10.7. The van der Waals surface area contributed by atoms with Gasteiger partial charge in [0.1, 0.15) is 6.61 Å². The van der Waals surface area contributed by atoms with Gasteiger partial charge in [0.25, 0.3) is 0 Å². The molecule has 4 saturated carbocycles. The Balaban J connectivity index is 1.51.